The molecular formula is C5H8NO3. The van der Waals surface area contributed by atoms with Crippen molar-refractivity contribution in [3.63, 3.8) is 0 Å². The van der Waals surface area contributed by atoms with E-state index < -0.39 is 12.1 Å². The molecule has 1 amide bonds. The minimum atomic E-state index is -0.620. The zero-order valence-electron chi connectivity index (χ0n) is 5.30. The Kier molecular flexibility index (Phi) is 3.43. The van der Waals surface area contributed by atoms with Crippen molar-refractivity contribution >= 4 is 12.4 Å². The molecule has 0 saturated carbocycles. The fourth-order valence-corrected chi connectivity index (χ4v) is 0.265. The summed E-state index contributed by atoms with van der Waals surface area (Å²) in [5.41, 5.74) is 0. The molecule has 4 nitrogen and oxygen atoms in total. The van der Waals surface area contributed by atoms with Crippen LogP contribution in [0.15, 0.2) is 0 Å². The smallest absolute Gasteiger partial charge is 0.407 e. The number of ether oxygens (including phenoxy) is 1. The molecule has 0 heterocycles. The van der Waals surface area contributed by atoms with Crippen molar-refractivity contribution in [1.82, 2.24) is 5.32 Å². The molecule has 0 spiro atoms. The van der Waals surface area contributed by atoms with Crippen LogP contribution in [0, 0.1) is 0 Å². The summed E-state index contributed by atoms with van der Waals surface area (Å²) in [4.78, 5) is 20.0. The molecule has 1 N–H and O–H groups in total. The van der Waals surface area contributed by atoms with Gasteiger partial charge in [-0.25, -0.2) is 4.79 Å². The number of hydrogen-bond acceptors (Lipinski definition) is 3. The molecule has 0 saturated heterocycles. The predicted octanol–water partition coefficient (Wildman–Crippen LogP) is -0.159. The summed E-state index contributed by atoms with van der Waals surface area (Å²) in [5, 5.41) is 2.19. The van der Waals surface area contributed by atoms with E-state index in [0.29, 0.717) is 0 Å². The van der Waals surface area contributed by atoms with E-state index in [2.05, 4.69) is 10.1 Å². The number of nitrogens with one attached hydrogen (secondary N) is 1. The van der Waals surface area contributed by atoms with Gasteiger partial charge in [0.05, 0.1) is 13.2 Å². The molecule has 0 aliphatic heterocycles. The fraction of sp³-hybridized carbons (Fsp3) is 0.600. The van der Waals surface area contributed by atoms with Gasteiger partial charge in [0.1, 0.15) is 0 Å². The van der Waals surface area contributed by atoms with Crippen LogP contribution in [0.2, 0.25) is 0 Å². The van der Waals surface area contributed by atoms with Crippen LogP contribution < -0.4 is 5.32 Å². The normalized spacial score (nSPS) is 11.8. The first kappa shape index (κ1) is 7.94. The van der Waals surface area contributed by atoms with Crippen LogP contribution in [0.3, 0.4) is 0 Å². The van der Waals surface area contributed by atoms with Gasteiger partial charge in [-0.1, -0.05) is 0 Å². The van der Waals surface area contributed by atoms with Gasteiger partial charge in [0, 0.05) is 0 Å². The summed E-state index contributed by atoms with van der Waals surface area (Å²) in [6.45, 7) is 1.50. The van der Waals surface area contributed by atoms with Gasteiger partial charge in [0.15, 0.2) is 0 Å². The summed E-state index contributed by atoms with van der Waals surface area (Å²) in [6, 6.07) is -0.600. The molecule has 1 atom stereocenters. The van der Waals surface area contributed by atoms with E-state index >= 15 is 0 Å². The van der Waals surface area contributed by atoms with Crippen molar-refractivity contribution in [2.75, 3.05) is 7.11 Å². The van der Waals surface area contributed by atoms with Gasteiger partial charge in [-0.15, -0.1) is 0 Å². The summed E-state index contributed by atoms with van der Waals surface area (Å²) < 4.78 is 4.19. The number of hydrogen-bond donors (Lipinski definition) is 1. The van der Waals surface area contributed by atoms with Crippen molar-refractivity contribution in [2.24, 2.45) is 0 Å². The van der Waals surface area contributed by atoms with E-state index in [4.69, 9.17) is 0 Å². The number of rotatable bonds is 2. The third-order valence-electron chi connectivity index (χ3n) is 0.697. The Morgan fingerprint density at radius 1 is 1.78 bits per heavy atom. The molecule has 0 aromatic carbocycles. The third-order valence-corrected chi connectivity index (χ3v) is 0.697. The zero-order valence-corrected chi connectivity index (χ0v) is 5.30. The second-order valence-corrected chi connectivity index (χ2v) is 1.48. The van der Waals surface area contributed by atoms with Crippen molar-refractivity contribution in [2.45, 2.75) is 13.0 Å². The SMILES string of the molecule is COC(=O)NC(C)[C]=O. The lowest BCUT2D eigenvalue weighted by Crippen LogP contribution is -2.33. The van der Waals surface area contributed by atoms with Gasteiger partial charge in [0.2, 0.25) is 6.29 Å². The third kappa shape index (κ3) is 3.52. The second-order valence-electron chi connectivity index (χ2n) is 1.48. The highest BCUT2D eigenvalue weighted by Gasteiger charge is 2.03. The molecule has 4 heteroatoms. The van der Waals surface area contributed by atoms with Crippen LogP contribution in [0.1, 0.15) is 6.92 Å². The molecule has 0 fully saturated rings. The van der Waals surface area contributed by atoms with Crippen LogP contribution in [0.5, 0.6) is 0 Å². The lowest BCUT2D eigenvalue weighted by molar-refractivity contribution is 0.170. The molecule has 51 valence electrons. The lowest BCUT2D eigenvalue weighted by Gasteiger charge is -2.02. The average Bonchev–Trinajstić information content (AvgIpc) is 1.87. The number of carbonyl (C=O) groups excluding carboxylic acids is 2. The Labute approximate surface area is 53.2 Å². The summed E-state index contributed by atoms with van der Waals surface area (Å²) >= 11 is 0. The van der Waals surface area contributed by atoms with Crippen LogP contribution >= 0.6 is 0 Å². The van der Waals surface area contributed by atoms with Gasteiger partial charge in [-0.2, -0.15) is 0 Å². The monoisotopic (exact) mass is 130 g/mol. The van der Waals surface area contributed by atoms with Crippen LogP contribution in [0.25, 0.3) is 0 Å². The predicted molar refractivity (Wildman–Crippen MR) is 30.7 cm³/mol. The summed E-state index contributed by atoms with van der Waals surface area (Å²) in [5.74, 6) is 0. The maximum atomic E-state index is 10.3. The van der Waals surface area contributed by atoms with E-state index in [1.807, 2.05) is 0 Å². The molecular weight excluding hydrogens is 122 g/mol. The summed E-state index contributed by atoms with van der Waals surface area (Å²) in [7, 11) is 1.23. The topological polar surface area (TPSA) is 55.4 Å². The van der Waals surface area contributed by atoms with Gasteiger partial charge in [0.25, 0.3) is 0 Å². The van der Waals surface area contributed by atoms with E-state index in [1.165, 1.54) is 14.0 Å². The maximum absolute atomic E-state index is 10.3. The van der Waals surface area contributed by atoms with Gasteiger partial charge >= 0.3 is 6.09 Å². The highest BCUT2D eigenvalue weighted by molar-refractivity contribution is 5.72. The number of carbonyl (C=O) groups is 1. The minimum Gasteiger partial charge on any atom is -0.453 e. The highest BCUT2D eigenvalue weighted by Crippen LogP contribution is 1.75. The van der Waals surface area contributed by atoms with Crippen molar-refractivity contribution < 1.29 is 14.3 Å². The zero-order chi connectivity index (χ0) is 7.28. The highest BCUT2D eigenvalue weighted by atomic mass is 16.5. The van der Waals surface area contributed by atoms with Gasteiger partial charge < -0.3 is 10.1 Å². The van der Waals surface area contributed by atoms with Crippen molar-refractivity contribution in [3.05, 3.63) is 0 Å². The maximum Gasteiger partial charge on any atom is 0.407 e. The number of amides is 1. The second kappa shape index (κ2) is 3.88. The Morgan fingerprint density at radius 2 is 2.33 bits per heavy atom. The Morgan fingerprint density at radius 3 is 2.67 bits per heavy atom. The quantitative estimate of drug-likeness (QED) is 0.565. The lowest BCUT2D eigenvalue weighted by atomic mass is 10.4. The molecule has 1 radical (unpaired) electrons. The molecule has 0 aromatic heterocycles. The van der Waals surface area contributed by atoms with Crippen LogP contribution in [-0.4, -0.2) is 25.5 Å². The molecule has 9 heavy (non-hydrogen) atoms. The molecule has 0 rings (SSSR count). The Balaban J connectivity index is 3.46. The van der Waals surface area contributed by atoms with Crippen molar-refractivity contribution in [3.8, 4) is 0 Å². The van der Waals surface area contributed by atoms with Crippen molar-refractivity contribution in [1.29, 1.82) is 0 Å². The van der Waals surface area contributed by atoms with E-state index in [9.17, 15) is 9.59 Å². The number of methoxy groups -OCH3 is 1. The van der Waals surface area contributed by atoms with Gasteiger partial charge in [-0.05, 0) is 6.92 Å². The van der Waals surface area contributed by atoms with E-state index in [-0.39, 0.29) is 0 Å². The molecule has 0 aromatic rings. The first-order valence-corrected chi connectivity index (χ1v) is 2.43. The minimum absolute atomic E-state index is 0.600. The average molecular weight is 130 g/mol. The van der Waals surface area contributed by atoms with E-state index in [0.717, 1.165) is 0 Å². The molecule has 1 unspecified atom stereocenters. The first-order valence-electron chi connectivity index (χ1n) is 2.43. The Hall–Kier alpha value is -1.06. The van der Waals surface area contributed by atoms with Gasteiger partial charge in [-0.3, -0.25) is 4.79 Å². The van der Waals surface area contributed by atoms with Crippen LogP contribution in [-0.2, 0) is 9.53 Å². The van der Waals surface area contributed by atoms with E-state index in [1.54, 1.807) is 6.29 Å². The molecule has 0 aliphatic carbocycles. The molecule has 0 aliphatic rings. The largest absolute Gasteiger partial charge is 0.453 e. The summed E-state index contributed by atoms with van der Waals surface area (Å²) in [6.07, 6.45) is 0.949. The van der Waals surface area contributed by atoms with Crippen LogP contribution in [0.4, 0.5) is 4.79 Å². The fourth-order valence-electron chi connectivity index (χ4n) is 0.265. The standard InChI is InChI=1S/C5H8NO3/c1-4(3-7)6-5(8)9-2/h4H,1-2H3,(H,6,8). The first-order chi connectivity index (χ1) is 4.20. The number of alkyl carbamates (subject to hydrolysis) is 1. The molecule has 0 bridgehead atoms. The Bertz CT molecular complexity index is 113.